The monoisotopic (exact) mass is 335 g/mol. The summed E-state index contributed by atoms with van der Waals surface area (Å²) in [7, 11) is 0. The van der Waals surface area contributed by atoms with Crippen molar-refractivity contribution in [3.63, 3.8) is 0 Å². The Morgan fingerprint density at radius 2 is 2.17 bits per heavy atom. The summed E-state index contributed by atoms with van der Waals surface area (Å²) in [4.78, 5) is 22.3. The molecule has 2 rings (SSSR count). The molecule has 0 aliphatic carbocycles. The van der Waals surface area contributed by atoms with Crippen LogP contribution in [0.3, 0.4) is 0 Å². The fourth-order valence-corrected chi connectivity index (χ4v) is 2.05. The van der Waals surface area contributed by atoms with E-state index >= 15 is 0 Å². The highest BCUT2D eigenvalue weighted by molar-refractivity contribution is 5.83. The van der Waals surface area contributed by atoms with Crippen LogP contribution in [0.1, 0.15) is 25.1 Å². The number of hydrogen-bond donors (Lipinski definition) is 1. The van der Waals surface area contributed by atoms with E-state index in [1.165, 1.54) is 13.8 Å². The average molecular weight is 335 g/mol. The van der Waals surface area contributed by atoms with Crippen LogP contribution in [-0.2, 0) is 4.79 Å². The van der Waals surface area contributed by atoms with Gasteiger partial charge in [0.2, 0.25) is 0 Å². The number of aryl methyl sites for hydroxylation is 1. The van der Waals surface area contributed by atoms with Crippen LogP contribution in [0.2, 0.25) is 0 Å². The molecule has 0 saturated carbocycles. The Bertz CT molecular complexity index is 686. The molecule has 2 atom stereocenters. The molecular weight excluding hydrogens is 323 g/mol. The summed E-state index contributed by atoms with van der Waals surface area (Å²) in [5, 5.41) is 27.4. The molecule has 1 N–H and O–H groups in total. The van der Waals surface area contributed by atoms with Crippen LogP contribution < -0.4 is 0 Å². The molecule has 0 unspecified atom stereocenters. The van der Waals surface area contributed by atoms with Gasteiger partial charge in [0.05, 0.1) is 4.92 Å². The minimum absolute atomic E-state index is 0.00524. The molecular formula is C11H12F3N5O4. The van der Waals surface area contributed by atoms with Crippen molar-refractivity contribution in [1.29, 1.82) is 0 Å². The summed E-state index contributed by atoms with van der Waals surface area (Å²) in [6.45, 7) is 2.52. The van der Waals surface area contributed by atoms with Gasteiger partial charge in [-0.3, -0.25) is 19.6 Å². The zero-order chi connectivity index (χ0) is 17.6. The van der Waals surface area contributed by atoms with Crippen molar-refractivity contribution in [1.82, 2.24) is 14.8 Å². The van der Waals surface area contributed by atoms with Crippen LogP contribution in [0.25, 0.3) is 0 Å². The van der Waals surface area contributed by atoms with Crippen molar-refractivity contribution in [2.75, 3.05) is 0 Å². The van der Waals surface area contributed by atoms with Gasteiger partial charge in [-0.05, 0) is 13.8 Å². The minimum Gasteiger partial charge on any atom is -0.362 e. The molecule has 1 aliphatic rings. The lowest BCUT2D eigenvalue weighted by Gasteiger charge is -2.33. The highest BCUT2D eigenvalue weighted by atomic mass is 19.4. The van der Waals surface area contributed by atoms with E-state index in [4.69, 9.17) is 0 Å². The second kappa shape index (κ2) is 5.30. The zero-order valence-electron chi connectivity index (χ0n) is 12.0. The number of nitro groups is 1. The van der Waals surface area contributed by atoms with Crippen LogP contribution >= 0.6 is 0 Å². The molecule has 1 aromatic rings. The summed E-state index contributed by atoms with van der Waals surface area (Å²) in [6.07, 6.45) is -4.29. The van der Waals surface area contributed by atoms with Crippen LogP contribution in [0, 0.1) is 17.0 Å². The maximum Gasteiger partial charge on any atom is 0.438 e. The van der Waals surface area contributed by atoms with Crippen molar-refractivity contribution in [3.8, 4) is 0 Å². The third-order valence-corrected chi connectivity index (χ3v) is 3.43. The van der Waals surface area contributed by atoms with Gasteiger partial charge in [0.15, 0.2) is 0 Å². The van der Waals surface area contributed by atoms with Gasteiger partial charge in [-0.15, -0.1) is 0 Å². The number of carbonyl (C=O) groups is 1. The summed E-state index contributed by atoms with van der Waals surface area (Å²) in [5.74, 6) is -1.20. The first-order chi connectivity index (χ1) is 10.5. The Hall–Kier alpha value is -2.50. The maximum atomic E-state index is 13.0. The molecule has 0 radical (unpaired) electrons. The number of alkyl halides is 3. The van der Waals surface area contributed by atoms with E-state index in [1.807, 2.05) is 0 Å². The largest absolute Gasteiger partial charge is 0.438 e. The van der Waals surface area contributed by atoms with E-state index in [1.54, 1.807) is 0 Å². The molecule has 1 amide bonds. The first-order valence-electron chi connectivity index (χ1n) is 6.35. The minimum atomic E-state index is -5.11. The summed E-state index contributed by atoms with van der Waals surface area (Å²) in [6, 6.07) is -1.33. The van der Waals surface area contributed by atoms with E-state index in [2.05, 4.69) is 10.2 Å². The molecule has 0 fully saturated rings. The molecule has 0 aromatic carbocycles. The normalized spacial score (nSPS) is 22.4. The number of hydrogen-bond acceptors (Lipinski definition) is 6. The predicted molar refractivity (Wildman–Crippen MR) is 69.3 cm³/mol. The number of halogens is 3. The number of hydrazone groups is 1. The SMILES string of the molecule is Cc1nn([C@H](C)C(=O)N2N=CC[C@@]2(O)C(F)(F)F)cc1[N+](=O)[O-]. The van der Waals surface area contributed by atoms with Gasteiger partial charge >= 0.3 is 11.9 Å². The number of carbonyl (C=O) groups excluding carboxylic acids is 1. The van der Waals surface area contributed by atoms with Gasteiger partial charge in [0.1, 0.15) is 17.9 Å². The molecule has 2 heterocycles. The molecule has 0 saturated heterocycles. The number of aromatic nitrogens is 2. The van der Waals surface area contributed by atoms with Crippen molar-refractivity contribution >= 4 is 17.8 Å². The van der Waals surface area contributed by atoms with Crippen LogP contribution in [-0.4, -0.2) is 48.8 Å². The Morgan fingerprint density at radius 3 is 2.65 bits per heavy atom. The van der Waals surface area contributed by atoms with E-state index in [-0.39, 0.29) is 16.4 Å². The maximum absolute atomic E-state index is 13.0. The first-order valence-corrected chi connectivity index (χ1v) is 6.35. The summed E-state index contributed by atoms with van der Waals surface area (Å²) in [5.41, 5.74) is -3.81. The van der Waals surface area contributed by atoms with Gasteiger partial charge < -0.3 is 5.11 Å². The summed E-state index contributed by atoms with van der Waals surface area (Å²) >= 11 is 0. The second-order valence-electron chi connectivity index (χ2n) is 4.98. The molecule has 1 aliphatic heterocycles. The Balaban J connectivity index is 2.31. The van der Waals surface area contributed by atoms with Gasteiger partial charge in [-0.1, -0.05) is 0 Å². The highest BCUT2D eigenvalue weighted by Gasteiger charge is 2.62. The number of rotatable bonds is 3. The van der Waals surface area contributed by atoms with Crippen LogP contribution in [0.15, 0.2) is 11.3 Å². The average Bonchev–Trinajstić information content (AvgIpc) is 3.00. The Morgan fingerprint density at radius 1 is 1.57 bits per heavy atom. The van der Waals surface area contributed by atoms with E-state index in [9.17, 15) is 33.2 Å². The smallest absolute Gasteiger partial charge is 0.362 e. The first kappa shape index (κ1) is 16.9. The number of amides is 1. The van der Waals surface area contributed by atoms with Crippen molar-refractivity contribution < 1.29 is 28.0 Å². The lowest BCUT2D eigenvalue weighted by molar-refractivity contribution is -0.385. The quantitative estimate of drug-likeness (QED) is 0.657. The topological polar surface area (TPSA) is 114 Å². The van der Waals surface area contributed by atoms with E-state index in [0.717, 1.165) is 17.1 Å². The lowest BCUT2D eigenvalue weighted by atomic mass is 10.1. The summed E-state index contributed by atoms with van der Waals surface area (Å²) < 4.78 is 39.7. The van der Waals surface area contributed by atoms with Gasteiger partial charge in [-0.2, -0.15) is 28.4 Å². The van der Waals surface area contributed by atoms with Crippen LogP contribution in [0.5, 0.6) is 0 Å². The number of aliphatic hydroxyl groups is 1. The van der Waals surface area contributed by atoms with Crippen LogP contribution in [0.4, 0.5) is 18.9 Å². The highest BCUT2D eigenvalue weighted by Crippen LogP contribution is 2.39. The van der Waals surface area contributed by atoms with Gasteiger partial charge in [-0.25, -0.2) is 0 Å². The molecule has 0 spiro atoms. The second-order valence-corrected chi connectivity index (χ2v) is 4.98. The van der Waals surface area contributed by atoms with Crippen molar-refractivity contribution in [3.05, 3.63) is 22.0 Å². The van der Waals surface area contributed by atoms with Gasteiger partial charge in [0.25, 0.3) is 11.6 Å². The fourth-order valence-electron chi connectivity index (χ4n) is 2.05. The molecule has 23 heavy (non-hydrogen) atoms. The fraction of sp³-hybridized carbons (Fsp3) is 0.545. The molecule has 12 heteroatoms. The standard InChI is InChI=1S/C11H12F3N5O4/c1-6-8(19(22)23)5-17(16-6)7(2)9(20)18-10(21,3-4-15-18)11(12,13)14/h4-5,7,21H,3H2,1-2H3/t7-,10-/m1/s1. The molecule has 9 nitrogen and oxygen atoms in total. The lowest BCUT2D eigenvalue weighted by Crippen LogP contribution is -2.57. The number of nitrogens with zero attached hydrogens (tertiary/aromatic N) is 5. The molecule has 126 valence electrons. The molecule has 0 bridgehead atoms. The van der Waals surface area contributed by atoms with E-state index in [0.29, 0.717) is 0 Å². The van der Waals surface area contributed by atoms with Crippen molar-refractivity contribution in [2.24, 2.45) is 5.10 Å². The van der Waals surface area contributed by atoms with Crippen molar-refractivity contribution in [2.45, 2.75) is 38.2 Å². The third kappa shape index (κ3) is 2.65. The Labute approximate surface area is 127 Å². The predicted octanol–water partition coefficient (Wildman–Crippen LogP) is 1.13. The molecule has 1 aromatic heterocycles. The van der Waals surface area contributed by atoms with Gasteiger partial charge in [0, 0.05) is 12.6 Å². The third-order valence-electron chi connectivity index (χ3n) is 3.43. The van der Waals surface area contributed by atoms with E-state index < -0.39 is 35.2 Å². The zero-order valence-corrected chi connectivity index (χ0v) is 12.0. The Kier molecular flexibility index (Phi) is 3.88.